The lowest BCUT2D eigenvalue weighted by Crippen LogP contribution is -2.46. The standard InChI is InChI=1S/C33H35N3O2.C6H14/c1-4-20-18-26-30(23-12-8-15-34(2)28(20)23)38-31-24-13-9-17-36-16-7-10-21(29(24)36)19-27(31)33(26)25-14-6-5-11-22(25)32(37)35(33)3;1-3-5-6-4-2/h5-6,11,14,18-19H,4,7-10,12-13,15-17H2,1-3H3;3-6H2,1-2H3. The molecule has 8 rings (SSSR count). The van der Waals surface area contributed by atoms with Gasteiger partial charge in [-0.2, -0.15) is 0 Å². The van der Waals surface area contributed by atoms with Crippen LogP contribution in [0.4, 0.5) is 11.4 Å². The van der Waals surface area contributed by atoms with Crippen molar-refractivity contribution in [3.63, 3.8) is 0 Å². The molecule has 1 unspecified atom stereocenters. The summed E-state index contributed by atoms with van der Waals surface area (Å²) >= 11 is 0. The molecule has 0 saturated carbocycles. The Balaban J connectivity index is 0.000000477. The molecular weight excluding hydrogens is 542 g/mol. The first-order valence-electron chi connectivity index (χ1n) is 17.4. The third kappa shape index (κ3) is 4.14. The van der Waals surface area contributed by atoms with Crippen LogP contribution in [0, 0.1) is 0 Å². The maximum Gasteiger partial charge on any atom is 0.255 e. The topological polar surface area (TPSA) is 36.0 Å². The second-order valence-electron chi connectivity index (χ2n) is 13.5. The summed E-state index contributed by atoms with van der Waals surface area (Å²) in [6.45, 7) is 10.0. The van der Waals surface area contributed by atoms with Crippen LogP contribution >= 0.6 is 0 Å². The van der Waals surface area contributed by atoms with Crippen molar-refractivity contribution in [2.45, 2.75) is 96.9 Å². The van der Waals surface area contributed by atoms with Crippen molar-refractivity contribution in [1.29, 1.82) is 0 Å². The summed E-state index contributed by atoms with van der Waals surface area (Å²) in [7, 11) is 4.23. The van der Waals surface area contributed by atoms with Crippen LogP contribution in [0.2, 0.25) is 0 Å². The van der Waals surface area contributed by atoms with Crippen molar-refractivity contribution in [3.05, 3.63) is 80.9 Å². The van der Waals surface area contributed by atoms with Gasteiger partial charge in [0.15, 0.2) is 0 Å². The van der Waals surface area contributed by atoms with Crippen molar-refractivity contribution in [2.75, 3.05) is 43.5 Å². The Bertz CT molecular complexity index is 1550. The molecule has 0 radical (unpaired) electrons. The Kier molecular flexibility index (Phi) is 7.63. The highest BCUT2D eigenvalue weighted by molar-refractivity contribution is 6.02. The molecule has 232 valence electrons. The number of carbonyl (C=O) groups is 1. The average Bonchev–Trinajstić information content (AvgIpc) is 3.27. The Hall–Kier alpha value is -3.47. The zero-order valence-electron chi connectivity index (χ0n) is 27.5. The lowest BCUT2D eigenvalue weighted by atomic mass is 9.71. The van der Waals surface area contributed by atoms with Gasteiger partial charge in [-0.25, -0.2) is 0 Å². The number of carbonyl (C=O) groups excluding carboxylic acids is 1. The second-order valence-corrected chi connectivity index (χ2v) is 13.5. The van der Waals surface area contributed by atoms with Gasteiger partial charge in [0.05, 0.1) is 0 Å². The molecule has 1 amide bonds. The molecule has 0 bridgehead atoms. The molecule has 0 aromatic heterocycles. The van der Waals surface area contributed by atoms with Gasteiger partial charge < -0.3 is 19.4 Å². The first-order chi connectivity index (χ1) is 21.5. The molecule has 5 aliphatic rings. The largest absolute Gasteiger partial charge is 0.456 e. The number of benzene rings is 3. The number of anilines is 2. The summed E-state index contributed by atoms with van der Waals surface area (Å²) < 4.78 is 7.19. The van der Waals surface area contributed by atoms with E-state index in [2.05, 4.69) is 61.9 Å². The van der Waals surface area contributed by atoms with E-state index in [-0.39, 0.29) is 5.91 Å². The summed E-state index contributed by atoms with van der Waals surface area (Å²) in [5, 5.41) is 0. The number of hydrogen-bond acceptors (Lipinski definition) is 4. The molecule has 1 atom stereocenters. The fraction of sp³-hybridized carbons (Fsp3) is 0.513. The van der Waals surface area contributed by atoms with Crippen molar-refractivity contribution in [1.82, 2.24) is 4.90 Å². The average molecular weight is 592 g/mol. The molecule has 0 saturated heterocycles. The van der Waals surface area contributed by atoms with E-state index < -0.39 is 5.54 Å². The molecule has 5 heteroatoms. The Labute approximate surface area is 264 Å². The SMILES string of the molecule is CCCCCC.CCc1cc2c(c3c1N(C)CCC3)Oc1c(cc3c4c1CCCN4CCC3)C21c2ccccc2C(=O)N1C. The van der Waals surface area contributed by atoms with Crippen LogP contribution in [0.25, 0.3) is 0 Å². The van der Waals surface area contributed by atoms with Gasteiger partial charge in [0.25, 0.3) is 5.91 Å². The molecule has 5 aliphatic heterocycles. The van der Waals surface area contributed by atoms with E-state index in [1.807, 2.05) is 24.1 Å². The number of aryl methyl sites for hydroxylation is 2. The minimum Gasteiger partial charge on any atom is -0.456 e. The molecule has 5 nitrogen and oxygen atoms in total. The van der Waals surface area contributed by atoms with Gasteiger partial charge in [-0.1, -0.05) is 64.7 Å². The van der Waals surface area contributed by atoms with Gasteiger partial charge >= 0.3 is 0 Å². The van der Waals surface area contributed by atoms with Crippen molar-refractivity contribution < 1.29 is 9.53 Å². The predicted octanol–water partition coefficient (Wildman–Crippen LogP) is 8.40. The third-order valence-electron chi connectivity index (χ3n) is 10.9. The van der Waals surface area contributed by atoms with Gasteiger partial charge in [0.2, 0.25) is 0 Å². The summed E-state index contributed by atoms with van der Waals surface area (Å²) in [5.74, 6) is 2.11. The van der Waals surface area contributed by atoms with Crippen molar-refractivity contribution >= 4 is 17.3 Å². The van der Waals surface area contributed by atoms with Gasteiger partial charge in [0.1, 0.15) is 17.0 Å². The van der Waals surface area contributed by atoms with Crippen LogP contribution in [-0.4, -0.2) is 44.5 Å². The monoisotopic (exact) mass is 591 g/mol. The van der Waals surface area contributed by atoms with E-state index in [1.54, 1.807) is 0 Å². The summed E-state index contributed by atoms with van der Waals surface area (Å²) in [6, 6.07) is 13.1. The Morgan fingerprint density at radius 2 is 1.41 bits per heavy atom. The van der Waals surface area contributed by atoms with Crippen LogP contribution < -0.4 is 14.5 Å². The number of unbranched alkanes of at least 4 members (excludes halogenated alkanes) is 3. The molecule has 0 fully saturated rings. The van der Waals surface area contributed by atoms with Gasteiger partial charge in [-0.3, -0.25) is 4.79 Å². The maximum absolute atomic E-state index is 14.0. The lowest BCUT2D eigenvalue weighted by molar-refractivity contribution is 0.0726. The predicted molar refractivity (Wildman–Crippen MR) is 181 cm³/mol. The Morgan fingerprint density at radius 3 is 2.11 bits per heavy atom. The number of fused-ring (bicyclic) bond motifs is 9. The first-order valence-corrected chi connectivity index (χ1v) is 17.4. The quantitative estimate of drug-likeness (QED) is 0.286. The fourth-order valence-corrected chi connectivity index (χ4v) is 8.85. The van der Waals surface area contributed by atoms with Crippen molar-refractivity contribution in [3.8, 4) is 11.5 Å². The zero-order chi connectivity index (χ0) is 30.6. The van der Waals surface area contributed by atoms with Gasteiger partial charge in [-0.05, 0) is 79.8 Å². The second kappa shape index (κ2) is 11.5. The molecule has 5 heterocycles. The summed E-state index contributed by atoms with van der Waals surface area (Å²) in [6.07, 6.45) is 13.1. The summed E-state index contributed by atoms with van der Waals surface area (Å²) in [4.78, 5) is 21.0. The van der Waals surface area contributed by atoms with E-state index >= 15 is 0 Å². The smallest absolute Gasteiger partial charge is 0.255 e. The normalized spacial score (nSPS) is 20.7. The van der Waals surface area contributed by atoms with Crippen LogP contribution in [0.15, 0.2) is 36.4 Å². The molecule has 44 heavy (non-hydrogen) atoms. The highest BCUT2D eigenvalue weighted by atomic mass is 16.5. The van der Waals surface area contributed by atoms with E-state index in [1.165, 1.54) is 65.7 Å². The highest BCUT2D eigenvalue weighted by Crippen LogP contribution is 2.62. The number of amides is 1. The minimum atomic E-state index is -0.684. The van der Waals surface area contributed by atoms with Crippen LogP contribution in [0.3, 0.4) is 0 Å². The molecule has 3 aromatic rings. The lowest BCUT2D eigenvalue weighted by Gasteiger charge is -2.47. The zero-order valence-corrected chi connectivity index (χ0v) is 27.5. The van der Waals surface area contributed by atoms with E-state index in [9.17, 15) is 4.79 Å². The van der Waals surface area contributed by atoms with E-state index in [0.29, 0.717) is 0 Å². The minimum absolute atomic E-state index is 0.0975. The summed E-state index contributed by atoms with van der Waals surface area (Å²) in [5.41, 5.74) is 11.7. The molecular formula is C39H49N3O2. The molecule has 0 aliphatic carbocycles. The van der Waals surface area contributed by atoms with Gasteiger partial charge in [-0.15, -0.1) is 0 Å². The Morgan fingerprint density at radius 1 is 0.773 bits per heavy atom. The van der Waals surface area contributed by atoms with E-state index in [4.69, 9.17) is 4.74 Å². The number of rotatable bonds is 4. The first kappa shape index (κ1) is 29.3. The number of nitrogens with zero attached hydrogens (tertiary/aromatic N) is 3. The number of hydrogen-bond donors (Lipinski definition) is 0. The van der Waals surface area contributed by atoms with Crippen LogP contribution in [-0.2, 0) is 31.2 Å². The van der Waals surface area contributed by atoms with Crippen molar-refractivity contribution in [2.24, 2.45) is 0 Å². The molecule has 1 spiro atoms. The third-order valence-corrected chi connectivity index (χ3v) is 10.9. The van der Waals surface area contributed by atoms with Crippen LogP contribution in [0.5, 0.6) is 11.5 Å². The van der Waals surface area contributed by atoms with Crippen LogP contribution in [0.1, 0.15) is 115 Å². The maximum atomic E-state index is 14.0. The van der Waals surface area contributed by atoms with Gasteiger partial charge in [0, 0.05) is 72.9 Å². The number of ether oxygens (including phenoxy) is 1. The van der Waals surface area contributed by atoms with E-state index in [0.717, 1.165) is 91.9 Å². The fourth-order valence-electron chi connectivity index (χ4n) is 8.85. The highest BCUT2D eigenvalue weighted by Gasteiger charge is 2.56. The molecule has 0 N–H and O–H groups in total. The molecule has 3 aromatic carbocycles.